The van der Waals surface area contributed by atoms with Gasteiger partial charge in [-0.1, -0.05) is 48.3 Å². The maximum Gasteiger partial charge on any atom is 0.243 e. The first-order valence-corrected chi connectivity index (χ1v) is 10.8. The van der Waals surface area contributed by atoms with Crippen molar-refractivity contribution in [3.63, 3.8) is 0 Å². The van der Waals surface area contributed by atoms with E-state index in [0.29, 0.717) is 41.1 Å². The first kappa shape index (κ1) is 19.6. The molecule has 0 unspecified atom stereocenters. The SMILES string of the molecule is CCc1ccc(S(=O)(=O)N2CCN(Cc3ccc(Cl)c(Cl)c3)CC2)cc1. The third-order valence-corrected chi connectivity index (χ3v) is 7.34. The molecule has 0 saturated carbocycles. The van der Waals surface area contributed by atoms with Gasteiger partial charge in [0.15, 0.2) is 0 Å². The Kier molecular flexibility index (Phi) is 6.25. The van der Waals surface area contributed by atoms with E-state index in [1.54, 1.807) is 22.5 Å². The summed E-state index contributed by atoms with van der Waals surface area (Å²) in [6.45, 7) is 5.13. The molecule has 0 amide bonds. The van der Waals surface area contributed by atoms with Gasteiger partial charge in [0.05, 0.1) is 14.9 Å². The normalized spacial score (nSPS) is 16.7. The van der Waals surface area contributed by atoms with E-state index < -0.39 is 10.0 Å². The summed E-state index contributed by atoms with van der Waals surface area (Å²) in [7, 11) is -3.43. The van der Waals surface area contributed by atoms with Crippen molar-refractivity contribution in [2.45, 2.75) is 24.8 Å². The molecule has 1 saturated heterocycles. The molecule has 0 bridgehead atoms. The lowest BCUT2D eigenvalue weighted by atomic mass is 10.2. The van der Waals surface area contributed by atoms with Crippen molar-refractivity contribution in [3.8, 4) is 0 Å². The number of piperazine rings is 1. The average molecular weight is 413 g/mol. The molecule has 4 nitrogen and oxygen atoms in total. The summed E-state index contributed by atoms with van der Waals surface area (Å²) in [5.74, 6) is 0. The quantitative estimate of drug-likeness (QED) is 0.742. The van der Waals surface area contributed by atoms with Gasteiger partial charge in [-0.2, -0.15) is 4.31 Å². The zero-order chi connectivity index (χ0) is 18.7. The van der Waals surface area contributed by atoms with Crippen LogP contribution in [0.4, 0.5) is 0 Å². The maximum atomic E-state index is 12.8. The lowest BCUT2D eigenvalue weighted by Gasteiger charge is -2.34. The predicted octanol–water partition coefficient (Wildman–Crippen LogP) is 4.06. The van der Waals surface area contributed by atoms with E-state index in [1.807, 2.05) is 24.3 Å². The minimum absolute atomic E-state index is 0.368. The van der Waals surface area contributed by atoms with Crippen molar-refractivity contribution in [2.75, 3.05) is 26.2 Å². The monoisotopic (exact) mass is 412 g/mol. The average Bonchev–Trinajstić information content (AvgIpc) is 2.65. The molecule has 0 spiro atoms. The Hall–Kier alpha value is -1.11. The van der Waals surface area contributed by atoms with Crippen molar-refractivity contribution in [1.29, 1.82) is 0 Å². The fourth-order valence-electron chi connectivity index (χ4n) is 3.07. The summed E-state index contributed by atoms with van der Waals surface area (Å²) in [4.78, 5) is 2.60. The predicted molar refractivity (Wildman–Crippen MR) is 106 cm³/mol. The molecule has 0 aliphatic carbocycles. The highest BCUT2D eigenvalue weighted by molar-refractivity contribution is 7.89. The summed E-state index contributed by atoms with van der Waals surface area (Å²) in [6, 6.07) is 12.8. The topological polar surface area (TPSA) is 40.6 Å². The molecule has 1 fully saturated rings. The van der Waals surface area contributed by atoms with Gasteiger partial charge in [-0.3, -0.25) is 4.90 Å². The second-order valence-electron chi connectivity index (χ2n) is 6.43. The van der Waals surface area contributed by atoms with Gasteiger partial charge in [0.25, 0.3) is 0 Å². The number of sulfonamides is 1. The van der Waals surface area contributed by atoms with E-state index in [2.05, 4.69) is 11.8 Å². The molecule has 2 aromatic carbocycles. The van der Waals surface area contributed by atoms with E-state index in [9.17, 15) is 8.42 Å². The summed E-state index contributed by atoms with van der Waals surface area (Å²) >= 11 is 12.0. The number of hydrogen-bond acceptors (Lipinski definition) is 3. The molecule has 0 N–H and O–H groups in total. The summed E-state index contributed by atoms with van der Waals surface area (Å²) in [6.07, 6.45) is 0.897. The summed E-state index contributed by atoms with van der Waals surface area (Å²) < 4.78 is 27.2. The fraction of sp³-hybridized carbons (Fsp3) is 0.368. The third-order valence-electron chi connectivity index (χ3n) is 4.69. The zero-order valence-corrected chi connectivity index (χ0v) is 17.0. The van der Waals surface area contributed by atoms with Crippen molar-refractivity contribution in [3.05, 3.63) is 63.6 Å². The van der Waals surface area contributed by atoms with Crippen molar-refractivity contribution in [1.82, 2.24) is 9.21 Å². The van der Waals surface area contributed by atoms with E-state index in [0.717, 1.165) is 24.1 Å². The van der Waals surface area contributed by atoms with Gasteiger partial charge in [0, 0.05) is 32.7 Å². The molecule has 0 aromatic heterocycles. The summed E-state index contributed by atoms with van der Waals surface area (Å²) in [5.41, 5.74) is 2.21. The maximum absolute atomic E-state index is 12.8. The van der Waals surface area contributed by atoms with Gasteiger partial charge in [0.2, 0.25) is 10.0 Å². The number of aryl methyl sites for hydroxylation is 1. The minimum Gasteiger partial charge on any atom is -0.296 e. The van der Waals surface area contributed by atoms with Gasteiger partial charge in [-0.25, -0.2) is 8.42 Å². The van der Waals surface area contributed by atoms with Crippen LogP contribution < -0.4 is 0 Å². The van der Waals surface area contributed by atoms with Crippen LogP contribution in [0.25, 0.3) is 0 Å². The second kappa shape index (κ2) is 8.28. The molecule has 7 heteroatoms. The molecular weight excluding hydrogens is 391 g/mol. The number of nitrogens with zero attached hydrogens (tertiary/aromatic N) is 2. The largest absolute Gasteiger partial charge is 0.296 e. The highest BCUT2D eigenvalue weighted by atomic mass is 35.5. The van der Waals surface area contributed by atoms with E-state index in [4.69, 9.17) is 23.2 Å². The smallest absolute Gasteiger partial charge is 0.243 e. The van der Waals surface area contributed by atoms with Crippen LogP contribution in [-0.2, 0) is 23.0 Å². The summed E-state index contributed by atoms with van der Waals surface area (Å²) in [5, 5.41) is 1.08. The van der Waals surface area contributed by atoms with E-state index >= 15 is 0 Å². The van der Waals surface area contributed by atoms with Crippen molar-refractivity contribution in [2.24, 2.45) is 0 Å². The van der Waals surface area contributed by atoms with Crippen LogP contribution in [0.15, 0.2) is 47.4 Å². The van der Waals surface area contributed by atoms with Crippen LogP contribution in [-0.4, -0.2) is 43.8 Å². The molecule has 1 heterocycles. The van der Waals surface area contributed by atoms with Gasteiger partial charge >= 0.3 is 0 Å². The molecule has 1 aliphatic heterocycles. The Labute approximate surface area is 165 Å². The molecule has 0 atom stereocenters. The van der Waals surface area contributed by atoms with Crippen LogP contribution in [0.1, 0.15) is 18.1 Å². The third kappa shape index (κ3) is 4.41. The highest BCUT2D eigenvalue weighted by Gasteiger charge is 2.28. The fourth-order valence-corrected chi connectivity index (χ4v) is 4.81. The number of benzene rings is 2. The molecule has 140 valence electrons. The lowest BCUT2D eigenvalue weighted by molar-refractivity contribution is 0.181. The van der Waals surface area contributed by atoms with Crippen LogP contribution in [0, 0.1) is 0 Å². The van der Waals surface area contributed by atoms with Crippen LogP contribution >= 0.6 is 23.2 Å². The first-order valence-electron chi connectivity index (χ1n) is 8.65. The molecule has 1 aliphatic rings. The van der Waals surface area contributed by atoms with Gasteiger partial charge < -0.3 is 0 Å². The number of halogens is 2. The van der Waals surface area contributed by atoms with Gasteiger partial charge in [-0.15, -0.1) is 0 Å². The van der Waals surface area contributed by atoms with E-state index in [-0.39, 0.29) is 0 Å². The lowest BCUT2D eigenvalue weighted by Crippen LogP contribution is -2.48. The first-order chi connectivity index (χ1) is 12.4. The molecule has 3 rings (SSSR count). The second-order valence-corrected chi connectivity index (χ2v) is 9.18. The van der Waals surface area contributed by atoms with Crippen molar-refractivity contribution >= 4 is 33.2 Å². The Balaban J connectivity index is 1.62. The Morgan fingerprint density at radius 1 is 0.885 bits per heavy atom. The zero-order valence-electron chi connectivity index (χ0n) is 14.7. The van der Waals surface area contributed by atoms with Crippen molar-refractivity contribution < 1.29 is 8.42 Å². The Morgan fingerprint density at radius 2 is 1.50 bits per heavy atom. The van der Waals surface area contributed by atoms with E-state index in [1.165, 1.54) is 0 Å². The van der Waals surface area contributed by atoms with Gasteiger partial charge in [0.1, 0.15) is 0 Å². The molecular formula is C19H22Cl2N2O2S. The Morgan fingerprint density at radius 3 is 2.08 bits per heavy atom. The highest BCUT2D eigenvalue weighted by Crippen LogP contribution is 2.24. The standard InChI is InChI=1S/C19H22Cl2N2O2S/c1-2-15-3-6-17(7-4-15)26(24,25)23-11-9-22(10-12-23)14-16-5-8-18(20)19(21)13-16/h3-8,13H,2,9-12,14H2,1H3. The number of rotatable bonds is 5. The van der Waals surface area contributed by atoms with Crippen LogP contribution in [0.5, 0.6) is 0 Å². The Bertz CT molecular complexity index is 862. The minimum atomic E-state index is -3.43. The molecule has 26 heavy (non-hydrogen) atoms. The van der Waals surface area contributed by atoms with Gasteiger partial charge in [-0.05, 0) is 41.8 Å². The molecule has 2 aromatic rings. The van der Waals surface area contributed by atoms with Crippen LogP contribution in [0.2, 0.25) is 10.0 Å². The number of hydrogen-bond donors (Lipinski definition) is 0. The molecule has 0 radical (unpaired) electrons. The van der Waals surface area contributed by atoms with Crippen LogP contribution in [0.3, 0.4) is 0 Å².